The first-order valence-electron chi connectivity index (χ1n) is 7.66. The van der Waals surface area contributed by atoms with Crippen LogP contribution in [0.25, 0.3) is 11.0 Å². The van der Waals surface area contributed by atoms with Crippen LogP contribution in [0.3, 0.4) is 0 Å². The van der Waals surface area contributed by atoms with Gasteiger partial charge in [0.15, 0.2) is 0 Å². The van der Waals surface area contributed by atoms with E-state index in [-0.39, 0.29) is 18.4 Å². The molecule has 1 aliphatic rings. The largest absolute Gasteiger partial charge is 0.481 e. The highest BCUT2D eigenvalue weighted by molar-refractivity contribution is 6.06. The van der Waals surface area contributed by atoms with Crippen LogP contribution in [0.15, 0.2) is 34.9 Å². The molecule has 2 aromatic rings. The van der Waals surface area contributed by atoms with Gasteiger partial charge in [0.25, 0.3) is 5.91 Å². The van der Waals surface area contributed by atoms with Gasteiger partial charge in [-0.15, -0.1) is 0 Å². The average Bonchev–Trinajstić information content (AvgIpc) is 2.96. The summed E-state index contributed by atoms with van der Waals surface area (Å²) in [5.41, 5.74) is 1.27. The second-order valence-corrected chi connectivity index (χ2v) is 5.73. The summed E-state index contributed by atoms with van der Waals surface area (Å²) in [5.74, 6) is -0.869. The molecule has 0 unspecified atom stereocenters. The fourth-order valence-electron chi connectivity index (χ4n) is 3.16. The molecule has 1 aliphatic heterocycles. The van der Waals surface area contributed by atoms with Crippen molar-refractivity contribution in [2.45, 2.75) is 38.1 Å². The zero-order valence-electron chi connectivity index (χ0n) is 12.3. The minimum atomic E-state index is -0.813. The SMILES string of the molecule is O=C(O)CC[C@H]1CCCCN1C(=O)c1coc2ccccc12. The van der Waals surface area contributed by atoms with E-state index < -0.39 is 5.97 Å². The van der Waals surface area contributed by atoms with Crippen molar-refractivity contribution >= 4 is 22.8 Å². The Morgan fingerprint density at radius 2 is 2.09 bits per heavy atom. The van der Waals surface area contributed by atoms with Crippen LogP contribution in [0.1, 0.15) is 42.5 Å². The Morgan fingerprint density at radius 1 is 1.27 bits per heavy atom. The van der Waals surface area contributed by atoms with Gasteiger partial charge in [0.1, 0.15) is 11.8 Å². The number of hydrogen-bond donors (Lipinski definition) is 1. The highest BCUT2D eigenvalue weighted by atomic mass is 16.4. The van der Waals surface area contributed by atoms with Gasteiger partial charge in [0, 0.05) is 24.4 Å². The van der Waals surface area contributed by atoms with E-state index in [1.54, 1.807) is 0 Å². The summed E-state index contributed by atoms with van der Waals surface area (Å²) >= 11 is 0. The van der Waals surface area contributed by atoms with Crippen molar-refractivity contribution in [2.24, 2.45) is 0 Å². The zero-order chi connectivity index (χ0) is 15.5. The van der Waals surface area contributed by atoms with Gasteiger partial charge in [0.2, 0.25) is 0 Å². The number of carbonyl (C=O) groups is 2. The summed E-state index contributed by atoms with van der Waals surface area (Å²) in [6.45, 7) is 0.683. The maximum absolute atomic E-state index is 12.8. The molecule has 0 radical (unpaired) electrons. The molecule has 0 bridgehead atoms. The van der Waals surface area contributed by atoms with E-state index in [0.29, 0.717) is 24.1 Å². The molecule has 0 spiro atoms. The summed E-state index contributed by atoms with van der Waals surface area (Å²) in [5, 5.41) is 9.69. The topological polar surface area (TPSA) is 70.8 Å². The Kier molecular flexibility index (Phi) is 4.13. The molecule has 5 heteroatoms. The first-order valence-corrected chi connectivity index (χ1v) is 7.66. The third-order valence-corrected chi connectivity index (χ3v) is 4.29. The minimum absolute atomic E-state index is 0.00557. The Hall–Kier alpha value is -2.30. The Labute approximate surface area is 128 Å². The normalized spacial score (nSPS) is 18.5. The van der Waals surface area contributed by atoms with Gasteiger partial charge < -0.3 is 14.4 Å². The van der Waals surface area contributed by atoms with Crippen LogP contribution >= 0.6 is 0 Å². The zero-order valence-corrected chi connectivity index (χ0v) is 12.3. The minimum Gasteiger partial charge on any atom is -0.481 e. The smallest absolute Gasteiger partial charge is 0.303 e. The maximum atomic E-state index is 12.8. The number of fused-ring (bicyclic) bond motifs is 1. The predicted octanol–water partition coefficient (Wildman–Crippen LogP) is 3.29. The number of likely N-dealkylation sites (tertiary alicyclic amines) is 1. The number of para-hydroxylation sites is 1. The van der Waals surface area contributed by atoms with Gasteiger partial charge in [-0.3, -0.25) is 9.59 Å². The third kappa shape index (κ3) is 2.84. The lowest BCUT2D eigenvalue weighted by Crippen LogP contribution is -2.43. The summed E-state index contributed by atoms with van der Waals surface area (Å²) < 4.78 is 5.45. The van der Waals surface area contributed by atoms with Crippen LogP contribution < -0.4 is 0 Å². The summed E-state index contributed by atoms with van der Waals surface area (Å²) in [4.78, 5) is 25.5. The van der Waals surface area contributed by atoms with E-state index >= 15 is 0 Å². The van der Waals surface area contributed by atoms with E-state index in [9.17, 15) is 9.59 Å². The van der Waals surface area contributed by atoms with Crippen LogP contribution in [0, 0.1) is 0 Å². The molecule has 5 nitrogen and oxygen atoms in total. The molecular formula is C17H19NO4. The van der Waals surface area contributed by atoms with Crippen LogP contribution in [0.5, 0.6) is 0 Å². The van der Waals surface area contributed by atoms with Crippen LogP contribution in [0.4, 0.5) is 0 Å². The van der Waals surface area contributed by atoms with E-state index in [1.165, 1.54) is 6.26 Å². The van der Waals surface area contributed by atoms with Crippen molar-refractivity contribution in [3.8, 4) is 0 Å². The van der Waals surface area contributed by atoms with Gasteiger partial charge in [-0.2, -0.15) is 0 Å². The van der Waals surface area contributed by atoms with Crippen molar-refractivity contribution in [3.63, 3.8) is 0 Å². The quantitative estimate of drug-likeness (QED) is 0.940. The molecule has 116 valence electrons. The molecule has 1 amide bonds. The van der Waals surface area contributed by atoms with Crippen LogP contribution in [0.2, 0.25) is 0 Å². The molecule has 0 aliphatic carbocycles. The summed E-state index contributed by atoms with van der Waals surface area (Å²) in [7, 11) is 0. The molecular weight excluding hydrogens is 282 g/mol. The number of rotatable bonds is 4. The molecule has 2 heterocycles. The number of amides is 1. The molecule has 1 aromatic heterocycles. The molecule has 0 saturated carbocycles. The van der Waals surface area contributed by atoms with Gasteiger partial charge in [-0.1, -0.05) is 18.2 Å². The monoisotopic (exact) mass is 301 g/mol. The fraction of sp³-hybridized carbons (Fsp3) is 0.412. The molecule has 1 atom stereocenters. The average molecular weight is 301 g/mol. The highest BCUT2D eigenvalue weighted by Gasteiger charge is 2.29. The number of carbonyl (C=O) groups excluding carboxylic acids is 1. The lowest BCUT2D eigenvalue weighted by molar-refractivity contribution is -0.137. The van der Waals surface area contributed by atoms with E-state index in [2.05, 4.69) is 0 Å². The lowest BCUT2D eigenvalue weighted by Gasteiger charge is -2.35. The Morgan fingerprint density at radius 3 is 2.91 bits per heavy atom. The van der Waals surface area contributed by atoms with Crippen LogP contribution in [-0.2, 0) is 4.79 Å². The number of furan rings is 1. The van der Waals surface area contributed by atoms with Crippen molar-refractivity contribution < 1.29 is 19.1 Å². The van der Waals surface area contributed by atoms with Gasteiger partial charge >= 0.3 is 5.97 Å². The number of aliphatic carboxylic acids is 1. The third-order valence-electron chi connectivity index (χ3n) is 4.29. The van der Waals surface area contributed by atoms with E-state index in [4.69, 9.17) is 9.52 Å². The van der Waals surface area contributed by atoms with E-state index in [0.717, 1.165) is 24.6 Å². The number of nitrogens with zero attached hydrogens (tertiary/aromatic N) is 1. The van der Waals surface area contributed by atoms with Crippen molar-refractivity contribution in [2.75, 3.05) is 6.54 Å². The number of carboxylic acid groups (broad SMARTS) is 1. The molecule has 22 heavy (non-hydrogen) atoms. The standard InChI is InChI=1S/C17H19NO4/c19-16(20)9-8-12-5-3-4-10-18(12)17(21)14-11-22-15-7-2-1-6-13(14)15/h1-2,6-7,11-12H,3-5,8-10H2,(H,19,20)/t12-/m1/s1. The summed E-state index contributed by atoms with van der Waals surface area (Å²) in [6, 6.07) is 7.47. The summed E-state index contributed by atoms with van der Waals surface area (Å²) in [6.07, 6.45) is 4.99. The number of hydrogen-bond acceptors (Lipinski definition) is 3. The predicted molar refractivity (Wildman–Crippen MR) is 81.8 cm³/mol. The molecule has 1 aromatic carbocycles. The highest BCUT2D eigenvalue weighted by Crippen LogP contribution is 2.27. The lowest BCUT2D eigenvalue weighted by atomic mass is 9.97. The second-order valence-electron chi connectivity index (χ2n) is 5.73. The first-order chi connectivity index (χ1) is 10.7. The second kappa shape index (κ2) is 6.22. The van der Waals surface area contributed by atoms with E-state index in [1.807, 2.05) is 29.2 Å². The first kappa shape index (κ1) is 14.6. The Balaban J connectivity index is 1.83. The molecule has 1 fully saturated rings. The van der Waals surface area contributed by atoms with Gasteiger partial charge in [-0.05, 0) is 31.7 Å². The van der Waals surface area contributed by atoms with Crippen LogP contribution in [-0.4, -0.2) is 34.5 Å². The molecule has 1 saturated heterocycles. The van der Waals surface area contributed by atoms with Crippen molar-refractivity contribution in [3.05, 3.63) is 36.1 Å². The Bertz CT molecular complexity index is 691. The van der Waals surface area contributed by atoms with Gasteiger partial charge in [-0.25, -0.2) is 0 Å². The number of piperidine rings is 1. The van der Waals surface area contributed by atoms with Crippen molar-refractivity contribution in [1.82, 2.24) is 4.90 Å². The number of carboxylic acids is 1. The maximum Gasteiger partial charge on any atom is 0.303 e. The molecule has 1 N–H and O–H groups in total. The molecule has 3 rings (SSSR count). The van der Waals surface area contributed by atoms with Crippen molar-refractivity contribution in [1.29, 1.82) is 0 Å². The number of benzene rings is 1. The van der Waals surface area contributed by atoms with Gasteiger partial charge in [0.05, 0.1) is 5.56 Å². The fourth-order valence-corrected chi connectivity index (χ4v) is 3.16.